The van der Waals surface area contributed by atoms with Gasteiger partial charge in [0.05, 0.1) is 0 Å². The van der Waals surface area contributed by atoms with E-state index in [4.69, 9.17) is 5.73 Å². The van der Waals surface area contributed by atoms with Crippen molar-refractivity contribution in [3.63, 3.8) is 0 Å². The van der Waals surface area contributed by atoms with Crippen molar-refractivity contribution in [3.05, 3.63) is 12.4 Å². The second-order valence-corrected chi connectivity index (χ2v) is 5.76. The second-order valence-electron chi connectivity index (χ2n) is 5.76. The number of anilines is 2. The van der Waals surface area contributed by atoms with Crippen molar-refractivity contribution in [2.75, 3.05) is 36.5 Å². The van der Waals surface area contributed by atoms with Gasteiger partial charge in [-0.3, -0.25) is 0 Å². The van der Waals surface area contributed by atoms with Crippen LogP contribution in [0.15, 0.2) is 12.4 Å². The third kappa shape index (κ3) is 3.80. The SMILES string of the molecule is CC(N)CN(C)c1cc(N2CCC(C)CC2)ncn1. The van der Waals surface area contributed by atoms with Gasteiger partial charge < -0.3 is 15.5 Å². The molecule has 1 unspecified atom stereocenters. The smallest absolute Gasteiger partial charge is 0.134 e. The molecule has 5 heteroatoms. The molecule has 106 valence electrons. The van der Waals surface area contributed by atoms with E-state index in [0.29, 0.717) is 0 Å². The molecule has 1 aliphatic rings. The Balaban J connectivity index is 2.06. The number of nitrogens with two attached hydrogens (primary N) is 1. The van der Waals surface area contributed by atoms with Crippen LogP contribution in [0.1, 0.15) is 26.7 Å². The highest BCUT2D eigenvalue weighted by molar-refractivity contribution is 5.50. The Morgan fingerprint density at radius 1 is 1.42 bits per heavy atom. The highest BCUT2D eigenvalue weighted by Crippen LogP contribution is 2.23. The van der Waals surface area contributed by atoms with E-state index in [1.54, 1.807) is 6.33 Å². The highest BCUT2D eigenvalue weighted by Gasteiger charge is 2.17. The molecule has 1 atom stereocenters. The molecule has 0 amide bonds. The van der Waals surface area contributed by atoms with Gasteiger partial charge in [-0.25, -0.2) is 9.97 Å². The normalized spacial score (nSPS) is 18.4. The van der Waals surface area contributed by atoms with Gasteiger partial charge in [0.15, 0.2) is 0 Å². The summed E-state index contributed by atoms with van der Waals surface area (Å²) in [6, 6.07) is 2.21. The molecule has 0 spiro atoms. The summed E-state index contributed by atoms with van der Waals surface area (Å²) in [7, 11) is 2.02. The highest BCUT2D eigenvalue weighted by atomic mass is 15.2. The zero-order valence-corrected chi connectivity index (χ0v) is 12.2. The molecule has 2 N–H and O–H groups in total. The average molecular weight is 263 g/mol. The molecule has 0 aromatic carbocycles. The van der Waals surface area contributed by atoms with Gasteiger partial charge in [0, 0.05) is 38.8 Å². The molecule has 1 aromatic rings. The Morgan fingerprint density at radius 3 is 2.74 bits per heavy atom. The maximum absolute atomic E-state index is 5.83. The zero-order chi connectivity index (χ0) is 13.8. The number of nitrogens with zero attached hydrogens (tertiary/aromatic N) is 4. The molecule has 0 bridgehead atoms. The second kappa shape index (κ2) is 6.19. The third-order valence-corrected chi connectivity index (χ3v) is 3.70. The maximum atomic E-state index is 5.83. The van der Waals surface area contributed by atoms with Crippen LogP contribution in [0.2, 0.25) is 0 Å². The van der Waals surface area contributed by atoms with Gasteiger partial charge in [0.25, 0.3) is 0 Å². The molecule has 1 fully saturated rings. The van der Waals surface area contributed by atoms with Gasteiger partial charge in [-0.2, -0.15) is 0 Å². The summed E-state index contributed by atoms with van der Waals surface area (Å²) in [6.45, 7) is 7.31. The lowest BCUT2D eigenvalue weighted by Crippen LogP contribution is -2.35. The van der Waals surface area contributed by atoms with Gasteiger partial charge in [0.1, 0.15) is 18.0 Å². The lowest BCUT2D eigenvalue weighted by atomic mass is 9.99. The zero-order valence-electron chi connectivity index (χ0n) is 12.2. The van der Waals surface area contributed by atoms with Crippen molar-refractivity contribution in [3.8, 4) is 0 Å². The topological polar surface area (TPSA) is 58.3 Å². The Labute approximate surface area is 115 Å². The summed E-state index contributed by atoms with van der Waals surface area (Å²) < 4.78 is 0. The summed E-state index contributed by atoms with van der Waals surface area (Å²) in [6.07, 6.45) is 4.14. The van der Waals surface area contributed by atoms with Gasteiger partial charge >= 0.3 is 0 Å². The number of piperidine rings is 1. The molecule has 1 aliphatic heterocycles. The van der Waals surface area contributed by atoms with E-state index >= 15 is 0 Å². The van der Waals surface area contributed by atoms with Crippen LogP contribution in [-0.2, 0) is 0 Å². The molecular formula is C14H25N5. The van der Waals surface area contributed by atoms with E-state index < -0.39 is 0 Å². The molecule has 2 rings (SSSR count). The van der Waals surface area contributed by atoms with Gasteiger partial charge in [0.2, 0.25) is 0 Å². The van der Waals surface area contributed by atoms with Crippen molar-refractivity contribution in [2.24, 2.45) is 11.7 Å². The Kier molecular flexibility index (Phi) is 4.58. The molecule has 2 heterocycles. The van der Waals surface area contributed by atoms with Crippen LogP contribution in [0.4, 0.5) is 11.6 Å². The predicted molar refractivity (Wildman–Crippen MR) is 79.6 cm³/mol. The van der Waals surface area contributed by atoms with Crippen LogP contribution in [0.5, 0.6) is 0 Å². The van der Waals surface area contributed by atoms with Crippen molar-refractivity contribution >= 4 is 11.6 Å². The summed E-state index contributed by atoms with van der Waals surface area (Å²) in [5.41, 5.74) is 5.83. The fourth-order valence-electron chi connectivity index (χ4n) is 2.48. The molecular weight excluding hydrogens is 238 g/mol. The van der Waals surface area contributed by atoms with Crippen molar-refractivity contribution in [1.29, 1.82) is 0 Å². The molecule has 19 heavy (non-hydrogen) atoms. The van der Waals surface area contributed by atoms with Gasteiger partial charge in [-0.1, -0.05) is 6.92 Å². The minimum absolute atomic E-state index is 0.138. The van der Waals surface area contributed by atoms with Gasteiger partial charge in [-0.15, -0.1) is 0 Å². The summed E-state index contributed by atoms with van der Waals surface area (Å²) in [4.78, 5) is 13.2. The number of likely N-dealkylation sites (N-methyl/N-ethyl adjacent to an activating group) is 1. The number of hydrogen-bond acceptors (Lipinski definition) is 5. The van der Waals surface area contributed by atoms with Gasteiger partial charge in [-0.05, 0) is 25.7 Å². The standard InChI is InChI=1S/C14H25N5/c1-11-4-6-19(7-5-11)14-8-13(16-10-17-14)18(3)9-12(2)15/h8,10-12H,4-7,9,15H2,1-3H3. The molecule has 5 nitrogen and oxygen atoms in total. The van der Waals surface area contributed by atoms with Crippen LogP contribution in [-0.4, -0.2) is 42.7 Å². The van der Waals surface area contributed by atoms with Crippen LogP contribution in [0, 0.1) is 5.92 Å². The quantitative estimate of drug-likeness (QED) is 0.892. The van der Waals surface area contributed by atoms with E-state index in [2.05, 4.69) is 32.8 Å². The average Bonchev–Trinajstić information content (AvgIpc) is 2.39. The van der Waals surface area contributed by atoms with E-state index in [1.807, 2.05) is 14.0 Å². The van der Waals surface area contributed by atoms with Crippen molar-refractivity contribution in [2.45, 2.75) is 32.7 Å². The van der Waals surface area contributed by atoms with Crippen LogP contribution >= 0.6 is 0 Å². The first kappa shape index (κ1) is 14.1. The Bertz CT molecular complexity index is 399. The van der Waals surface area contributed by atoms with Crippen LogP contribution in [0.3, 0.4) is 0 Å². The molecule has 0 aliphatic carbocycles. The van der Waals surface area contributed by atoms with Crippen molar-refractivity contribution in [1.82, 2.24) is 9.97 Å². The first-order valence-corrected chi connectivity index (χ1v) is 7.10. The molecule has 0 radical (unpaired) electrons. The monoisotopic (exact) mass is 263 g/mol. The maximum Gasteiger partial charge on any atom is 0.134 e. The Morgan fingerprint density at radius 2 is 2.11 bits per heavy atom. The fraction of sp³-hybridized carbons (Fsp3) is 0.714. The largest absolute Gasteiger partial charge is 0.358 e. The van der Waals surface area contributed by atoms with E-state index in [0.717, 1.165) is 37.2 Å². The summed E-state index contributed by atoms with van der Waals surface area (Å²) >= 11 is 0. The minimum Gasteiger partial charge on any atom is -0.358 e. The summed E-state index contributed by atoms with van der Waals surface area (Å²) in [5, 5.41) is 0. The predicted octanol–water partition coefficient (Wildman–Crippen LogP) is 1.50. The molecule has 0 saturated carbocycles. The lowest BCUT2D eigenvalue weighted by molar-refractivity contribution is 0.436. The van der Waals surface area contributed by atoms with Crippen LogP contribution in [0.25, 0.3) is 0 Å². The van der Waals surface area contributed by atoms with Crippen molar-refractivity contribution < 1.29 is 0 Å². The van der Waals surface area contributed by atoms with E-state index in [9.17, 15) is 0 Å². The summed E-state index contributed by atoms with van der Waals surface area (Å²) in [5.74, 6) is 2.81. The molecule has 1 saturated heterocycles. The lowest BCUT2D eigenvalue weighted by Gasteiger charge is -2.31. The molecule has 1 aromatic heterocycles. The minimum atomic E-state index is 0.138. The number of aromatic nitrogens is 2. The Hall–Kier alpha value is -1.36. The first-order valence-electron chi connectivity index (χ1n) is 7.10. The third-order valence-electron chi connectivity index (χ3n) is 3.70. The number of hydrogen-bond donors (Lipinski definition) is 1. The van der Waals surface area contributed by atoms with Crippen LogP contribution < -0.4 is 15.5 Å². The number of rotatable bonds is 4. The van der Waals surface area contributed by atoms with E-state index in [1.165, 1.54) is 12.8 Å². The first-order chi connectivity index (χ1) is 9.06. The van der Waals surface area contributed by atoms with E-state index in [-0.39, 0.29) is 6.04 Å². The fourth-order valence-corrected chi connectivity index (χ4v) is 2.48.